The summed E-state index contributed by atoms with van der Waals surface area (Å²) in [5.41, 5.74) is 20.2. The van der Waals surface area contributed by atoms with Gasteiger partial charge in [0.25, 0.3) is 0 Å². The molecule has 0 saturated heterocycles. The number of aliphatic imine (C=N–C) groups is 1. The number of amides is 3. The second-order valence-corrected chi connectivity index (χ2v) is 12.0. The average Bonchev–Trinajstić information content (AvgIpc) is 3.68. The molecule has 4 rings (SSSR count). The summed E-state index contributed by atoms with van der Waals surface area (Å²) in [4.78, 5) is 63.5. The Bertz CT molecular complexity index is 1760. The maximum atomic E-state index is 14.1. The van der Waals surface area contributed by atoms with Gasteiger partial charge < -0.3 is 48.2 Å². The summed E-state index contributed by atoms with van der Waals surface area (Å²) in [7, 11) is 0. The molecular formula is C34H45N9O5. The van der Waals surface area contributed by atoms with Gasteiger partial charge in [-0.1, -0.05) is 56.7 Å². The van der Waals surface area contributed by atoms with Gasteiger partial charge in [0, 0.05) is 53.6 Å². The number of nitrogens with zero attached hydrogens (tertiary/aromatic N) is 1. The molecule has 2 heterocycles. The van der Waals surface area contributed by atoms with Gasteiger partial charge in [-0.15, -0.1) is 0 Å². The molecule has 0 bridgehead atoms. The Labute approximate surface area is 278 Å². The number of rotatable bonds is 17. The molecule has 12 N–H and O–H groups in total. The fourth-order valence-electron chi connectivity index (χ4n) is 5.55. The van der Waals surface area contributed by atoms with Crippen LogP contribution in [0.5, 0.6) is 0 Å². The van der Waals surface area contributed by atoms with E-state index in [4.69, 9.17) is 17.2 Å². The lowest BCUT2D eigenvalue weighted by molar-refractivity contribution is -0.142. The molecule has 2 aromatic heterocycles. The van der Waals surface area contributed by atoms with Crippen molar-refractivity contribution in [2.75, 3.05) is 6.54 Å². The number of carboxylic acids is 1. The van der Waals surface area contributed by atoms with Crippen LogP contribution in [0.25, 0.3) is 21.8 Å². The van der Waals surface area contributed by atoms with E-state index in [2.05, 4.69) is 30.9 Å². The van der Waals surface area contributed by atoms with Crippen molar-refractivity contribution in [2.24, 2.45) is 28.1 Å². The first kappa shape index (κ1) is 35.5. The normalized spacial score (nSPS) is 14.4. The van der Waals surface area contributed by atoms with E-state index >= 15 is 0 Å². The molecular weight excluding hydrogens is 614 g/mol. The number of hydrogen-bond acceptors (Lipinski definition) is 6. The number of carbonyl (C=O) groups is 4. The molecule has 256 valence electrons. The largest absolute Gasteiger partial charge is 0.480 e. The number of para-hydroxylation sites is 2. The van der Waals surface area contributed by atoms with E-state index in [9.17, 15) is 24.3 Å². The fraction of sp³-hybridized carbons (Fsp3) is 0.382. The summed E-state index contributed by atoms with van der Waals surface area (Å²) in [6.07, 6.45) is 4.69. The zero-order valence-electron chi connectivity index (χ0n) is 27.2. The van der Waals surface area contributed by atoms with E-state index < -0.39 is 47.9 Å². The lowest BCUT2D eigenvalue weighted by atomic mass is 9.97. The van der Waals surface area contributed by atoms with Crippen LogP contribution < -0.4 is 33.2 Å². The SMILES string of the molecule is CCC(C)C(N)C(=O)NC(Cc1c[nH]c2ccccc12)C(=O)NC(Cc1c[nH]c2ccccc12)C(=O)NC(CCCN=C(N)N)C(=O)O. The van der Waals surface area contributed by atoms with Crippen LogP contribution in [0, 0.1) is 5.92 Å². The highest BCUT2D eigenvalue weighted by atomic mass is 16.4. The molecule has 0 fully saturated rings. The number of carbonyl (C=O) groups excluding carboxylic acids is 3. The summed E-state index contributed by atoms with van der Waals surface area (Å²) in [5, 5.41) is 19.8. The van der Waals surface area contributed by atoms with Crippen LogP contribution in [-0.2, 0) is 32.0 Å². The van der Waals surface area contributed by atoms with Crippen molar-refractivity contribution < 1.29 is 24.3 Å². The first-order chi connectivity index (χ1) is 23.0. The van der Waals surface area contributed by atoms with Gasteiger partial charge in [0.1, 0.15) is 18.1 Å². The molecule has 5 unspecified atom stereocenters. The number of carboxylic acid groups (broad SMARTS) is 1. The number of aromatic nitrogens is 2. The number of nitrogens with two attached hydrogens (primary N) is 3. The molecule has 0 aliphatic rings. The number of aliphatic carboxylic acids is 1. The van der Waals surface area contributed by atoms with Crippen molar-refractivity contribution in [2.45, 2.75) is 70.1 Å². The molecule has 14 heteroatoms. The van der Waals surface area contributed by atoms with Crippen LogP contribution >= 0.6 is 0 Å². The molecule has 48 heavy (non-hydrogen) atoms. The van der Waals surface area contributed by atoms with Gasteiger partial charge in [0.2, 0.25) is 17.7 Å². The molecule has 4 aromatic rings. The number of hydrogen-bond donors (Lipinski definition) is 9. The Kier molecular flexibility index (Phi) is 12.2. The predicted octanol–water partition coefficient (Wildman–Crippen LogP) is 1.40. The van der Waals surface area contributed by atoms with Gasteiger partial charge in [-0.3, -0.25) is 19.4 Å². The topological polar surface area (TPSA) is 247 Å². The first-order valence-electron chi connectivity index (χ1n) is 16.0. The number of guanidine groups is 1. The third-order valence-electron chi connectivity index (χ3n) is 8.58. The molecule has 0 aliphatic heterocycles. The minimum Gasteiger partial charge on any atom is -0.480 e. The first-order valence-corrected chi connectivity index (χ1v) is 16.0. The lowest BCUT2D eigenvalue weighted by Crippen LogP contribution is -2.58. The Balaban J connectivity index is 1.62. The Hall–Kier alpha value is -5.37. The lowest BCUT2D eigenvalue weighted by Gasteiger charge is -2.26. The molecule has 0 radical (unpaired) electrons. The van der Waals surface area contributed by atoms with E-state index in [1.807, 2.05) is 62.4 Å². The maximum Gasteiger partial charge on any atom is 0.326 e. The summed E-state index contributed by atoms with van der Waals surface area (Å²) in [6.45, 7) is 3.97. The number of fused-ring (bicyclic) bond motifs is 2. The van der Waals surface area contributed by atoms with Crippen LogP contribution in [0.15, 0.2) is 65.9 Å². The van der Waals surface area contributed by atoms with E-state index in [0.717, 1.165) is 32.9 Å². The standard InChI is InChI=1S/C34H45N9O5/c1-3-19(2)29(35)32(46)43-28(16-21-18-40-25-12-7-5-10-23(21)25)31(45)42-27(15-20-17-39-24-11-6-4-9-22(20)24)30(44)41-26(33(47)48)13-8-14-38-34(36)37/h4-7,9-12,17-19,26-29,39-40H,3,8,13-16,35H2,1-2H3,(H,41,44)(H,42,45)(H,43,46)(H,47,48)(H4,36,37,38). The third-order valence-corrected chi connectivity index (χ3v) is 8.58. The minimum absolute atomic E-state index is 0.0437. The van der Waals surface area contributed by atoms with Crippen molar-refractivity contribution in [3.05, 3.63) is 72.1 Å². The molecule has 0 aliphatic carbocycles. The van der Waals surface area contributed by atoms with Gasteiger partial charge >= 0.3 is 5.97 Å². The average molecular weight is 660 g/mol. The van der Waals surface area contributed by atoms with Gasteiger partial charge in [-0.05, 0) is 42.0 Å². The number of benzene rings is 2. The number of aromatic amines is 2. The van der Waals surface area contributed by atoms with Crippen LogP contribution in [0.3, 0.4) is 0 Å². The van der Waals surface area contributed by atoms with E-state index in [1.54, 1.807) is 12.4 Å². The van der Waals surface area contributed by atoms with Crippen molar-refractivity contribution in [3.8, 4) is 0 Å². The van der Waals surface area contributed by atoms with Gasteiger partial charge in [0.15, 0.2) is 5.96 Å². The van der Waals surface area contributed by atoms with E-state index in [1.165, 1.54) is 0 Å². The van der Waals surface area contributed by atoms with Crippen molar-refractivity contribution >= 4 is 51.5 Å². The number of nitrogens with one attached hydrogen (secondary N) is 5. The zero-order chi connectivity index (χ0) is 34.8. The third kappa shape index (κ3) is 9.12. The van der Waals surface area contributed by atoms with Crippen LogP contribution in [0.4, 0.5) is 0 Å². The summed E-state index contributed by atoms with van der Waals surface area (Å²) in [6, 6.07) is 10.7. The quantitative estimate of drug-likeness (QED) is 0.0454. The molecule has 0 spiro atoms. The second-order valence-electron chi connectivity index (χ2n) is 12.0. The molecule has 2 aromatic carbocycles. The van der Waals surface area contributed by atoms with Crippen molar-refractivity contribution in [1.29, 1.82) is 0 Å². The van der Waals surface area contributed by atoms with Crippen LogP contribution in [0.1, 0.15) is 44.2 Å². The smallest absolute Gasteiger partial charge is 0.326 e. The maximum absolute atomic E-state index is 14.1. The molecule has 14 nitrogen and oxygen atoms in total. The monoisotopic (exact) mass is 659 g/mol. The second kappa shape index (κ2) is 16.5. The highest BCUT2D eigenvalue weighted by Crippen LogP contribution is 2.21. The van der Waals surface area contributed by atoms with E-state index in [-0.39, 0.29) is 37.7 Å². The van der Waals surface area contributed by atoms with Crippen molar-refractivity contribution in [1.82, 2.24) is 25.9 Å². The Morgan fingerprint density at radius 2 is 1.27 bits per heavy atom. The van der Waals surface area contributed by atoms with Gasteiger partial charge in [-0.2, -0.15) is 0 Å². The molecule has 5 atom stereocenters. The molecule has 0 saturated carbocycles. The Morgan fingerprint density at radius 1 is 0.792 bits per heavy atom. The summed E-state index contributed by atoms with van der Waals surface area (Å²) in [5.74, 6) is -3.31. The van der Waals surface area contributed by atoms with E-state index in [0.29, 0.717) is 12.8 Å². The predicted molar refractivity (Wildman–Crippen MR) is 185 cm³/mol. The molecule has 3 amide bonds. The minimum atomic E-state index is -1.26. The van der Waals surface area contributed by atoms with Gasteiger partial charge in [-0.25, -0.2) is 4.79 Å². The fourth-order valence-corrected chi connectivity index (χ4v) is 5.55. The highest BCUT2D eigenvalue weighted by molar-refractivity contribution is 5.95. The van der Waals surface area contributed by atoms with Crippen molar-refractivity contribution in [3.63, 3.8) is 0 Å². The number of H-pyrrole nitrogens is 2. The van der Waals surface area contributed by atoms with Crippen LogP contribution in [0.2, 0.25) is 0 Å². The summed E-state index contributed by atoms with van der Waals surface area (Å²) < 4.78 is 0. The highest BCUT2D eigenvalue weighted by Gasteiger charge is 2.32. The van der Waals surface area contributed by atoms with Gasteiger partial charge in [0.05, 0.1) is 6.04 Å². The van der Waals surface area contributed by atoms with Crippen LogP contribution in [-0.4, -0.2) is 75.4 Å². The zero-order valence-corrected chi connectivity index (χ0v) is 27.2. The Morgan fingerprint density at radius 3 is 1.75 bits per heavy atom. The summed E-state index contributed by atoms with van der Waals surface area (Å²) >= 11 is 0.